The Balaban J connectivity index is 1.49. The van der Waals surface area contributed by atoms with Crippen LogP contribution in [0, 0.1) is 0 Å². The topological polar surface area (TPSA) is 18.5 Å². The summed E-state index contributed by atoms with van der Waals surface area (Å²) in [6.07, 6.45) is 1.03. The van der Waals surface area contributed by atoms with Crippen LogP contribution < -0.4 is 9.47 Å². The summed E-state index contributed by atoms with van der Waals surface area (Å²) in [6, 6.07) is 6.56. The number of benzene rings is 1. The second kappa shape index (κ2) is 13.4. The van der Waals surface area contributed by atoms with Gasteiger partial charge < -0.3 is 9.47 Å². The first-order valence-corrected chi connectivity index (χ1v) is 17.7. The molecule has 0 aromatic heterocycles. The van der Waals surface area contributed by atoms with Gasteiger partial charge in [0.05, 0.1) is 0 Å². The van der Waals surface area contributed by atoms with Crippen LogP contribution in [0.5, 0.6) is 11.5 Å². The van der Waals surface area contributed by atoms with E-state index in [-0.39, 0.29) is 10.9 Å². The number of thioether (sulfide) groups is 6. The summed E-state index contributed by atoms with van der Waals surface area (Å²) in [6.45, 7) is 12.5. The number of hydrogen-bond donors (Lipinski definition) is 0. The molecule has 0 saturated carbocycles. The van der Waals surface area contributed by atoms with Crippen LogP contribution in [0.25, 0.3) is 0 Å². The lowest BCUT2D eigenvalue weighted by Gasteiger charge is -2.21. The van der Waals surface area contributed by atoms with E-state index in [0.717, 1.165) is 63.9 Å². The molecule has 0 aliphatic carbocycles. The van der Waals surface area contributed by atoms with E-state index in [4.69, 9.17) is 9.47 Å². The average Bonchev–Trinajstić information content (AvgIpc) is 3.20. The monoisotopic (exact) mass is 556 g/mol. The molecule has 3 aliphatic heterocycles. The highest BCUT2D eigenvalue weighted by atomic mass is 32.2. The molecule has 0 amide bonds. The van der Waals surface area contributed by atoms with Crippen molar-refractivity contribution in [2.45, 2.75) is 22.5 Å². The fourth-order valence-electron chi connectivity index (χ4n) is 3.57. The minimum atomic E-state index is 0.148. The van der Waals surface area contributed by atoms with Gasteiger partial charge >= 0.3 is 0 Å². The Morgan fingerprint density at radius 2 is 1.12 bits per heavy atom. The Kier molecular flexibility index (Phi) is 10.7. The van der Waals surface area contributed by atoms with Gasteiger partial charge in [0.15, 0.2) is 10.9 Å². The first-order chi connectivity index (χ1) is 16.0. The van der Waals surface area contributed by atoms with Crippen molar-refractivity contribution in [1.82, 2.24) is 0 Å². The molecule has 3 aliphatic rings. The molecule has 4 rings (SSSR count). The molecule has 3 atom stereocenters. The molecule has 0 radical (unpaired) electrons. The highest BCUT2D eigenvalue weighted by Gasteiger charge is 2.21. The van der Waals surface area contributed by atoms with Crippen molar-refractivity contribution < 1.29 is 9.47 Å². The normalized spacial score (nSPS) is 27.4. The summed E-state index contributed by atoms with van der Waals surface area (Å²) in [7, 11) is 0. The molecule has 2 nitrogen and oxygen atoms in total. The van der Waals surface area contributed by atoms with Crippen molar-refractivity contribution >= 4 is 70.6 Å². The van der Waals surface area contributed by atoms with Gasteiger partial charge in [-0.2, -0.15) is 47.0 Å². The van der Waals surface area contributed by atoms with E-state index in [0.29, 0.717) is 5.25 Å². The zero-order valence-electron chi connectivity index (χ0n) is 18.9. The molecule has 8 heteroatoms. The van der Waals surface area contributed by atoms with E-state index >= 15 is 0 Å². The van der Waals surface area contributed by atoms with E-state index in [1.165, 1.54) is 28.0 Å². The first kappa shape index (κ1) is 26.2. The maximum atomic E-state index is 6.50. The quantitative estimate of drug-likeness (QED) is 0.341. The minimum absolute atomic E-state index is 0.148. The molecule has 0 bridgehead atoms. The molecule has 3 unspecified atom stereocenters. The number of rotatable bonds is 6. The van der Waals surface area contributed by atoms with Gasteiger partial charge in [0, 0.05) is 63.1 Å². The summed E-state index contributed by atoms with van der Waals surface area (Å²) in [4.78, 5) is 0. The van der Waals surface area contributed by atoms with Crippen molar-refractivity contribution in [1.29, 1.82) is 0 Å². The molecule has 1 aromatic rings. The highest BCUT2D eigenvalue weighted by molar-refractivity contribution is 8.05. The van der Waals surface area contributed by atoms with E-state index < -0.39 is 0 Å². The lowest BCUT2D eigenvalue weighted by atomic mass is 10.1. The predicted molar refractivity (Wildman–Crippen MR) is 160 cm³/mol. The largest absolute Gasteiger partial charge is 0.479 e. The molecule has 33 heavy (non-hydrogen) atoms. The Labute approximate surface area is 224 Å². The molecule has 1 aromatic carbocycles. The number of hydrogen-bond acceptors (Lipinski definition) is 8. The van der Waals surface area contributed by atoms with Gasteiger partial charge in [0.1, 0.15) is 11.5 Å². The maximum Gasteiger partial charge on any atom is 0.153 e. The third-order valence-electron chi connectivity index (χ3n) is 5.14. The fraction of sp³-hybridized carbons (Fsp3) is 0.520. The van der Waals surface area contributed by atoms with Crippen LogP contribution in [0.15, 0.2) is 54.7 Å². The fourth-order valence-corrected chi connectivity index (χ4v) is 10.7. The van der Waals surface area contributed by atoms with E-state index in [1.807, 2.05) is 70.6 Å². The van der Waals surface area contributed by atoms with Crippen LogP contribution in [0.1, 0.15) is 5.56 Å². The smallest absolute Gasteiger partial charge is 0.153 e. The van der Waals surface area contributed by atoms with Gasteiger partial charge in [-0.15, -0.1) is 23.5 Å². The Morgan fingerprint density at radius 1 is 0.636 bits per heavy atom. The summed E-state index contributed by atoms with van der Waals surface area (Å²) < 4.78 is 13.0. The molecule has 0 spiro atoms. The molecule has 180 valence electrons. The van der Waals surface area contributed by atoms with E-state index in [2.05, 4.69) is 37.9 Å². The van der Waals surface area contributed by atoms with Crippen molar-refractivity contribution in [3.05, 3.63) is 60.2 Å². The minimum Gasteiger partial charge on any atom is -0.479 e. The van der Waals surface area contributed by atoms with Gasteiger partial charge in [-0.25, -0.2) is 0 Å². The lowest BCUT2D eigenvalue weighted by Crippen LogP contribution is -2.17. The summed E-state index contributed by atoms with van der Waals surface area (Å²) >= 11 is 11.6. The standard InChI is InChI=1S/C25H32O2S6/c1-17-8-28-14-23(31-11-17)6-20-4-21(26-24-15-29-9-18(2)12-32-24)7-22(5-20)27-25-16-30-10-19(3)13-33-25/h4-5,7,23-25H,1-3,6,8-16H2. The number of ether oxygens (including phenoxy) is 2. The van der Waals surface area contributed by atoms with Crippen LogP contribution >= 0.6 is 70.6 Å². The highest BCUT2D eigenvalue weighted by Crippen LogP contribution is 2.35. The van der Waals surface area contributed by atoms with Gasteiger partial charge in [0.2, 0.25) is 0 Å². The van der Waals surface area contributed by atoms with Gasteiger partial charge in [0.25, 0.3) is 0 Å². The van der Waals surface area contributed by atoms with Crippen molar-refractivity contribution in [3.8, 4) is 11.5 Å². The van der Waals surface area contributed by atoms with Crippen molar-refractivity contribution in [2.24, 2.45) is 0 Å². The summed E-state index contributed by atoms with van der Waals surface area (Å²) in [5.74, 6) is 11.2. The Hall–Kier alpha value is 0.140. The molecule has 3 heterocycles. The van der Waals surface area contributed by atoms with Gasteiger partial charge in [-0.3, -0.25) is 0 Å². The zero-order valence-corrected chi connectivity index (χ0v) is 23.8. The van der Waals surface area contributed by atoms with Gasteiger partial charge in [-0.05, 0) is 24.1 Å². The molecular weight excluding hydrogens is 525 g/mol. The van der Waals surface area contributed by atoms with Gasteiger partial charge in [-0.1, -0.05) is 36.5 Å². The predicted octanol–water partition coefficient (Wildman–Crippen LogP) is 7.12. The summed E-state index contributed by atoms with van der Waals surface area (Å²) in [5.41, 5.74) is 5.54. The van der Waals surface area contributed by atoms with Crippen LogP contribution in [0.2, 0.25) is 0 Å². The Morgan fingerprint density at radius 3 is 1.67 bits per heavy atom. The molecule has 3 saturated heterocycles. The van der Waals surface area contributed by atoms with Crippen LogP contribution in [0.4, 0.5) is 0 Å². The van der Waals surface area contributed by atoms with Crippen LogP contribution in [-0.2, 0) is 6.42 Å². The molecular formula is C25H32O2S6. The summed E-state index contributed by atoms with van der Waals surface area (Å²) in [5, 5.41) is 0.592. The third-order valence-corrected chi connectivity index (χ3v) is 13.1. The molecule has 0 N–H and O–H groups in total. The van der Waals surface area contributed by atoms with Crippen LogP contribution in [0.3, 0.4) is 0 Å². The third kappa shape index (κ3) is 8.94. The second-order valence-electron chi connectivity index (χ2n) is 8.46. The second-order valence-corrected chi connectivity index (χ2v) is 15.1. The molecule has 3 fully saturated rings. The van der Waals surface area contributed by atoms with Crippen molar-refractivity contribution in [2.75, 3.05) is 51.8 Å². The first-order valence-electron chi connectivity index (χ1n) is 11.1. The van der Waals surface area contributed by atoms with Crippen LogP contribution in [-0.4, -0.2) is 67.9 Å². The SMILES string of the molecule is C=C1CSCC(Cc2cc(OC3CSCC(=C)CS3)cc(OC3CSCC(=C)CS3)c2)SC1. The Bertz CT molecular complexity index is 735. The zero-order chi connectivity index (χ0) is 23.0. The lowest BCUT2D eigenvalue weighted by molar-refractivity contribution is 0.295. The van der Waals surface area contributed by atoms with E-state index in [1.54, 1.807) is 0 Å². The van der Waals surface area contributed by atoms with E-state index in [9.17, 15) is 0 Å². The van der Waals surface area contributed by atoms with Crippen molar-refractivity contribution in [3.63, 3.8) is 0 Å². The average molecular weight is 557 g/mol. The maximum absolute atomic E-state index is 6.50.